The molecule has 1 aromatic rings. The number of rotatable bonds is 5. The highest BCUT2D eigenvalue weighted by Gasteiger charge is 1.99. The lowest BCUT2D eigenvalue weighted by atomic mass is 10.1. The number of nitrogens with zero attached hydrogens (tertiary/aromatic N) is 1. The zero-order valence-corrected chi connectivity index (χ0v) is 9.33. The first-order valence-corrected chi connectivity index (χ1v) is 5.35. The van der Waals surface area contributed by atoms with Gasteiger partial charge in [0.2, 0.25) is 0 Å². The molecular formula is C13H15FN2. The third kappa shape index (κ3) is 3.84. The minimum Gasteiger partial charge on any atom is -0.313 e. The maximum Gasteiger partial charge on any atom is 0.140 e. The van der Waals surface area contributed by atoms with E-state index in [0.29, 0.717) is 0 Å². The van der Waals surface area contributed by atoms with Gasteiger partial charge in [-0.2, -0.15) is 5.26 Å². The van der Waals surface area contributed by atoms with Crippen molar-refractivity contribution in [1.82, 2.24) is 5.32 Å². The first-order valence-electron chi connectivity index (χ1n) is 5.35. The molecule has 1 rings (SSSR count). The van der Waals surface area contributed by atoms with Gasteiger partial charge >= 0.3 is 0 Å². The Labute approximate surface area is 95.4 Å². The zero-order chi connectivity index (χ0) is 11.8. The molecule has 0 saturated carbocycles. The van der Waals surface area contributed by atoms with Gasteiger partial charge in [-0.15, -0.1) is 0 Å². The summed E-state index contributed by atoms with van der Waals surface area (Å²) in [5, 5.41) is 11.9. The average molecular weight is 218 g/mol. The highest BCUT2D eigenvalue weighted by molar-refractivity contribution is 5.52. The second kappa shape index (κ2) is 6.76. The van der Waals surface area contributed by atoms with Gasteiger partial charge in [0.25, 0.3) is 0 Å². The predicted molar refractivity (Wildman–Crippen MR) is 63.3 cm³/mol. The Hall–Kier alpha value is -1.66. The molecule has 2 nitrogen and oxygen atoms in total. The Morgan fingerprint density at radius 1 is 1.50 bits per heavy atom. The summed E-state index contributed by atoms with van der Waals surface area (Å²) < 4.78 is 13.0. The number of nitrogens with one attached hydrogen (secondary N) is 1. The third-order valence-corrected chi connectivity index (χ3v) is 2.11. The first-order chi connectivity index (χ1) is 7.77. The van der Waals surface area contributed by atoms with Crippen LogP contribution in [0, 0.1) is 17.1 Å². The molecule has 0 spiro atoms. The van der Waals surface area contributed by atoms with Crippen molar-refractivity contribution < 1.29 is 4.39 Å². The normalized spacial score (nSPS) is 10.6. The molecule has 0 aromatic heterocycles. The smallest absolute Gasteiger partial charge is 0.140 e. The van der Waals surface area contributed by atoms with Crippen LogP contribution in [0.25, 0.3) is 6.08 Å². The largest absolute Gasteiger partial charge is 0.313 e. The molecule has 0 aliphatic carbocycles. The monoisotopic (exact) mass is 218 g/mol. The van der Waals surface area contributed by atoms with Gasteiger partial charge in [0.1, 0.15) is 11.9 Å². The lowest BCUT2D eigenvalue weighted by Gasteiger charge is -1.98. The maximum absolute atomic E-state index is 13.0. The van der Waals surface area contributed by atoms with Gasteiger partial charge in [0, 0.05) is 6.54 Å². The first kappa shape index (κ1) is 12.4. The van der Waals surface area contributed by atoms with Gasteiger partial charge in [-0.1, -0.05) is 25.1 Å². The number of hydrogen-bond donors (Lipinski definition) is 1. The fourth-order valence-corrected chi connectivity index (χ4v) is 1.29. The van der Waals surface area contributed by atoms with Crippen LogP contribution in [-0.4, -0.2) is 13.1 Å². The van der Waals surface area contributed by atoms with Crippen molar-refractivity contribution in [2.75, 3.05) is 13.1 Å². The zero-order valence-electron chi connectivity index (χ0n) is 9.33. The minimum atomic E-state index is -0.469. The molecule has 0 aliphatic rings. The van der Waals surface area contributed by atoms with E-state index in [4.69, 9.17) is 5.26 Å². The van der Waals surface area contributed by atoms with Crippen LogP contribution in [0.2, 0.25) is 0 Å². The molecule has 3 heteroatoms. The van der Waals surface area contributed by atoms with Crippen molar-refractivity contribution in [3.63, 3.8) is 0 Å². The van der Waals surface area contributed by atoms with Crippen molar-refractivity contribution in [2.24, 2.45) is 0 Å². The van der Waals surface area contributed by atoms with Crippen LogP contribution in [0.1, 0.15) is 24.5 Å². The molecule has 84 valence electrons. The summed E-state index contributed by atoms with van der Waals surface area (Å²) in [4.78, 5) is 0. The molecule has 0 amide bonds. The molecule has 0 radical (unpaired) electrons. The summed E-state index contributed by atoms with van der Waals surface area (Å²) in [6.07, 6.45) is 4.94. The maximum atomic E-state index is 13.0. The Bertz CT molecular complexity index is 405. The SMILES string of the molecule is CCCNC/C=C/c1ccc(F)c(C#N)c1. The summed E-state index contributed by atoms with van der Waals surface area (Å²) in [5.74, 6) is -0.469. The number of hydrogen-bond acceptors (Lipinski definition) is 2. The standard InChI is InChI=1S/C13H15FN2/c1-2-7-16-8-3-4-11-5-6-13(14)12(9-11)10-15/h3-6,9,16H,2,7-8H2,1H3/b4-3+. The quantitative estimate of drug-likeness (QED) is 0.771. The van der Waals surface area contributed by atoms with Crippen LogP contribution in [-0.2, 0) is 0 Å². The van der Waals surface area contributed by atoms with Crippen LogP contribution in [0.5, 0.6) is 0 Å². The van der Waals surface area contributed by atoms with Gasteiger partial charge in [-0.25, -0.2) is 4.39 Å². The fraction of sp³-hybridized carbons (Fsp3) is 0.308. The summed E-state index contributed by atoms with van der Waals surface area (Å²) >= 11 is 0. The van der Waals surface area contributed by atoms with Crippen molar-refractivity contribution in [1.29, 1.82) is 5.26 Å². The molecule has 1 aromatic carbocycles. The van der Waals surface area contributed by atoms with Gasteiger partial charge < -0.3 is 5.32 Å². The second-order valence-electron chi connectivity index (χ2n) is 3.46. The number of benzene rings is 1. The molecule has 0 unspecified atom stereocenters. The Balaban J connectivity index is 2.58. The summed E-state index contributed by atoms with van der Waals surface area (Å²) in [6.45, 7) is 3.88. The summed E-state index contributed by atoms with van der Waals surface area (Å²) in [5.41, 5.74) is 0.930. The van der Waals surface area contributed by atoms with Crippen molar-refractivity contribution in [2.45, 2.75) is 13.3 Å². The predicted octanol–water partition coefficient (Wildman–Crippen LogP) is 2.71. The average Bonchev–Trinajstić information content (AvgIpc) is 2.31. The lowest BCUT2D eigenvalue weighted by Crippen LogP contribution is -2.13. The number of nitriles is 1. The molecule has 16 heavy (non-hydrogen) atoms. The topological polar surface area (TPSA) is 35.8 Å². The van der Waals surface area contributed by atoms with E-state index in [1.807, 2.05) is 18.2 Å². The highest BCUT2D eigenvalue weighted by Crippen LogP contribution is 2.10. The van der Waals surface area contributed by atoms with Crippen LogP contribution in [0.3, 0.4) is 0 Å². The van der Waals surface area contributed by atoms with E-state index in [9.17, 15) is 4.39 Å². The van der Waals surface area contributed by atoms with E-state index in [-0.39, 0.29) is 5.56 Å². The van der Waals surface area contributed by atoms with Gasteiger partial charge in [0.05, 0.1) is 5.56 Å². The van der Waals surface area contributed by atoms with Crippen LogP contribution < -0.4 is 5.32 Å². The van der Waals surface area contributed by atoms with E-state index in [1.165, 1.54) is 6.07 Å². The van der Waals surface area contributed by atoms with E-state index >= 15 is 0 Å². The second-order valence-corrected chi connectivity index (χ2v) is 3.46. The number of halogens is 1. The van der Waals surface area contributed by atoms with Crippen molar-refractivity contribution in [3.05, 3.63) is 41.2 Å². The van der Waals surface area contributed by atoms with Gasteiger partial charge in [0.15, 0.2) is 0 Å². The van der Waals surface area contributed by atoms with Gasteiger partial charge in [-0.05, 0) is 30.7 Å². The van der Waals surface area contributed by atoms with E-state index in [0.717, 1.165) is 25.1 Å². The van der Waals surface area contributed by atoms with Crippen LogP contribution >= 0.6 is 0 Å². The van der Waals surface area contributed by atoms with Crippen molar-refractivity contribution >= 4 is 6.08 Å². The molecule has 0 saturated heterocycles. The molecule has 0 aliphatic heterocycles. The Morgan fingerprint density at radius 3 is 3.00 bits per heavy atom. The molecule has 0 heterocycles. The fourth-order valence-electron chi connectivity index (χ4n) is 1.29. The highest BCUT2D eigenvalue weighted by atomic mass is 19.1. The summed E-state index contributed by atoms with van der Waals surface area (Å²) in [7, 11) is 0. The Morgan fingerprint density at radius 2 is 2.31 bits per heavy atom. The molecule has 0 atom stereocenters. The molecule has 0 bridgehead atoms. The molecule has 0 fully saturated rings. The van der Waals surface area contributed by atoms with Crippen LogP contribution in [0.4, 0.5) is 4.39 Å². The summed E-state index contributed by atoms with van der Waals surface area (Å²) in [6, 6.07) is 6.35. The Kier molecular flexibility index (Phi) is 5.24. The van der Waals surface area contributed by atoms with E-state index in [2.05, 4.69) is 12.2 Å². The minimum absolute atomic E-state index is 0.0867. The lowest BCUT2D eigenvalue weighted by molar-refractivity contribution is 0.624. The third-order valence-electron chi connectivity index (χ3n) is 2.11. The van der Waals surface area contributed by atoms with Gasteiger partial charge in [-0.3, -0.25) is 0 Å². The molecular weight excluding hydrogens is 203 g/mol. The van der Waals surface area contributed by atoms with E-state index in [1.54, 1.807) is 12.1 Å². The van der Waals surface area contributed by atoms with Crippen molar-refractivity contribution in [3.8, 4) is 6.07 Å². The molecule has 1 N–H and O–H groups in total. The van der Waals surface area contributed by atoms with E-state index < -0.39 is 5.82 Å². The van der Waals surface area contributed by atoms with Crippen LogP contribution in [0.15, 0.2) is 24.3 Å².